The van der Waals surface area contributed by atoms with Gasteiger partial charge in [-0.3, -0.25) is 0 Å². The highest BCUT2D eigenvalue weighted by Crippen LogP contribution is 2.55. The van der Waals surface area contributed by atoms with Gasteiger partial charge in [0.15, 0.2) is 23.2 Å². The topological polar surface area (TPSA) is 52.3 Å². The zero-order valence-corrected chi connectivity index (χ0v) is 31.3. The lowest BCUT2D eigenvalue weighted by Gasteiger charge is -2.41. The van der Waals surface area contributed by atoms with Gasteiger partial charge in [0.1, 0.15) is 11.5 Å². The van der Waals surface area contributed by atoms with Crippen LogP contribution in [0.1, 0.15) is 22.3 Å². The maximum Gasteiger partial charge on any atom is 0.187 e. The van der Waals surface area contributed by atoms with Gasteiger partial charge in [0.2, 0.25) is 0 Å². The molecule has 58 heavy (non-hydrogen) atoms. The highest BCUT2D eigenvalue weighted by Gasteiger charge is 2.45. The Kier molecular flexibility index (Phi) is 8.70. The Morgan fingerprint density at radius 3 is 1.36 bits per heavy atom. The quantitative estimate of drug-likeness (QED) is 0.153. The van der Waals surface area contributed by atoms with Crippen molar-refractivity contribution in [3.05, 3.63) is 240 Å². The lowest BCUT2D eigenvalue weighted by molar-refractivity contribution is 0.434. The highest BCUT2D eigenvalue weighted by molar-refractivity contribution is 5.77. The van der Waals surface area contributed by atoms with Gasteiger partial charge in [0.05, 0.1) is 12.0 Å². The minimum atomic E-state index is -0.633. The molecule has 1 aromatic heterocycles. The van der Waals surface area contributed by atoms with Gasteiger partial charge in [-0.2, -0.15) is 0 Å². The van der Waals surface area contributed by atoms with Crippen LogP contribution in [0.2, 0.25) is 0 Å². The van der Waals surface area contributed by atoms with Crippen LogP contribution in [0.15, 0.2) is 206 Å². The Balaban J connectivity index is 1.16. The number of para-hydroxylation sites is 1. The number of ether oxygens (including phenoxy) is 1. The molecule has 0 unspecified atom stereocenters. The SMILES string of the molecule is [C-]#[N+]c1ccc(-c2cccc(-c3nc(-c4cccc(-c5ccccc5)c4)nc(-c4ccc5c(c4)Oc4ccccc4C5(c4ccccc4)c4ccccc4)n3)c2)cc1. The third-order valence-electron chi connectivity index (χ3n) is 10.9. The summed E-state index contributed by atoms with van der Waals surface area (Å²) < 4.78 is 6.82. The number of hydrogen-bond acceptors (Lipinski definition) is 4. The van der Waals surface area contributed by atoms with Crippen LogP contribution in [0.25, 0.3) is 61.3 Å². The van der Waals surface area contributed by atoms with E-state index in [1.807, 2.05) is 78.9 Å². The van der Waals surface area contributed by atoms with Crippen molar-refractivity contribution in [2.45, 2.75) is 5.41 Å². The van der Waals surface area contributed by atoms with Crippen molar-refractivity contribution >= 4 is 5.69 Å². The van der Waals surface area contributed by atoms with E-state index in [9.17, 15) is 0 Å². The first-order chi connectivity index (χ1) is 28.7. The minimum Gasteiger partial charge on any atom is -0.457 e. The molecule has 0 radical (unpaired) electrons. The third kappa shape index (κ3) is 6.10. The fourth-order valence-electron chi connectivity index (χ4n) is 8.15. The van der Waals surface area contributed by atoms with Gasteiger partial charge in [-0.05, 0) is 57.6 Å². The van der Waals surface area contributed by atoms with Crippen LogP contribution in [0.4, 0.5) is 5.69 Å². The molecular weight excluding hydrogens is 709 g/mol. The van der Waals surface area contributed by atoms with E-state index in [0.29, 0.717) is 23.2 Å². The molecule has 0 saturated carbocycles. The van der Waals surface area contributed by atoms with Crippen LogP contribution in [0, 0.1) is 6.57 Å². The summed E-state index contributed by atoms with van der Waals surface area (Å²) in [6.07, 6.45) is 0. The average Bonchev–Trinajstić information content (AvgIpc) is 3.31. The molecule has 0 spiro atoms. The van der Waals surface area contributed by atoms with E-state index in [-0.39, 0.29) is 0 Å². The van der Waals surface area contributed by atoms with Crippen molar-refractivity contribution in [3.63, 3.8) is 0 Å². The van der Waals surface area contributed by atoms with Gasteiger partial charge in [-0.15, -0.1) is 0 Å². The zero-order valence-electron chi connectivity index (χ0n) is 31.3. The first-order valence-electron chi connectivity index (χ1n) is 19.2. The van der Waals surface area contributed by atoms with E-state index in [0.717, 1.165) is 72.7 Å². The van der Waals surface area contributed by atoms with Crippen molar-refractivity contribution < 1.29 is 4.74 Å². The normalized spacial score (nSPS) is 12.4. The summed E-state index contributed by atoms with van der Waals surface area (Å²) in [5, 5.41) is 0. The van der Waals surface area contributed by atoms with E-state index in [1.165, 1.54) is 0 Å². The first-order valence-corrected chi connectivity index (χ1v) is 19.2. The van der Waals surface area contributed by atoms with Gasteiger partial charge in [0.25, 0.3) is 0 Å². The van der Waals surface area contributed by atoms with Crippen LogP contribution in [0.5, 0.6) is 11.5 Å². The molecule has 0 aliphatic carbocycles. The van der Waals surface area contributed by atoms with Crippen molar-refractivity contribution in [1.29, 1.82) is 0 Å². The number of fused-ring (bicyclic) bond motifs is 2. The summed E-state index contributed by atoms with van der Waals surface area (Å²) in [5.74, 6) is 3.19. The summed E-state index contributed by atoms with van der Waals surface area (Å²) in [4.78, 5) is 19.0. The predicted molar refractivity (Wildman–Crippen MR) is 232 cm³/mol. The smallest absolute Gasteiger partial charge is 0.187 e. The molecule has 0 bridgehead atoms. The lowest BCUT2D eigenvalue weighted by atomic mass is 9.63. The monoisotopic (exact) mass is 742 g/mol. The van der Waals surface area contributed by atoms with E-state index in [1.54, 1.807) is 0 Å². The van der Waals surface area contributed by atoms with Gasteiger partial charge in [-0.25, -0.2) is 19.8 Å². The summed E-state index contributed by atoms with van der Waals surface area (Å²) in [7, 11) is 0. The Labute approximate surface area is 337 Å². The third-order valence-corrected chi connectivity index (χ3v) is 10.9. The predicted octanol–water partition coefficient (Wildman–Crippen LogP) is 13.2. The number of benzene rings is 8. The number of rotatable bonds is 7. The van der Waals surface area contributed by atoms with Gasteiger partial charge in [0, 0.05) is 27.8 Å². The molecule has 10 rings (SSSR count). The largest absolute Gasteiger partial charge is 0.457 e. The van der Waals surface area contributed by atoms with E-state index >= 15 is 0 Å². The lowest BCUT2D eigenvalue weighted by Crippen LogP contribution is -2.34. The molecule has 9 aromatic rings. The Morgan fingerprint density at radius 2 is 0.793 bits per heavy atom. The fourth-order valence-corrected chi connectivity index (χ4v) is 8.15. The van der Waals surface area contributed by atoms with E-state index < -0.39 is 5.41 Å². The molecule has 0 saturated heterocycles. The molecule has 0 N–H and O–H groups in total. The Bertz CT molecular complexity index is 2940. The van der Waals surface area contributed by atoms with Crippen molar-refractivity contribution in [3.8, 4) is 67.9 Å². The second-order valence-electron chi connectivity index (χ2n) is 14.3. The molecule has 2 heterocycles. The van der Waals surface area contributed by atoms with Crippen LogP contribution < -0.4 is 4.74 Å². The standard InChI is InChI=1S/C53H34N4O/c1-54-45-30-27-37(28-31-45)39-18-14-20-41(34-39)51-55-50(40-19-13-17-38(33-40)36-15-5-2-6-16-36)56-52(57-51)42-29-32-47-49(35-42)58-48-26-12-11-25-46(48)53(47,43-21-7-3-8-22-43)44-23-9-4-10-24-44/h2-35H. The molecule has 1 aliphatic heterocycles. The Morgan fingerprint density at radius 1 is 0.362 bits per heavy atom. The molecule has 272 valence electrons. The highest BCUT2D eigenvalue weighted by atomic mass is 16.5. The van der Waals surface area contributed by atoms with Crippen molar-refractivity contribution in [2.24, 2.45) is 0 Å². The molecule has 0 atom stereocenters. The second kappa shape index (κ2) is 14.6. The minimum absolute atomic E-state index is 0.534. The molecule has 5 heteroatoms. The second-order valence-corrected chi connectivity index (χ2v) is 14.3. The summed E-state index contributed by atoms with van der Waals surface area (Å²) in [6.45, 7) is 7.39. The van der Waals surface area contributed by atoms with Crippen LogP contribution in [-0.2, 0) is 5.41 Å². The van der Waals surface area contributed by atoms with E-state index in [2.05, 4.69) is 132 Å². The van der Waals surface area contributed by atoms with Gasteiger partial charge < -0.3 is 4.74 Å². The number of aromatic nitrogens is 3. The summed E-state index contributed by atoms with van der Waals surface area (Å²) in [6, 6.07) is 70.5. The average molecular weight is 743 g/mol. The van der Waals surface area contributed by atoms with Crippen LogP contribution in [0.3, 0.4) is 0 Å². The zero-order chi connectivity index (χ0) is 38.9. The van der Waals surface area contributed by atoms with Crippen LogP contribution in [-0.4, -0.2) is 15.0 Å². The summed E-state index contributed by atoms with van der Waals surface area (Å²) >= 11 is 0. The van der Waals surface area contributed by atoms with Crippen molar-refractivity contribution in [2.75, 3.05) is 0 Å². The first kappa shape index (κ1) is 34.5. The van der Waals surface area contributed by atoms with Crippen LogP contribution >= 0.6 is 0 Å². The van der Waals surface area contributed by atoms with Crippen molar-refractivity contribution in [1.82, 2.24) is 15.0 Å². The summed E-state index contributed by atoms with van der Waals surface area (Å²) in [5.41, 5.74) is 11.1. The van der Waals surface area contributed by atoms with Gasteiger partial charge >= 0.3 is 0 Å². The molecular formula is C53H34N4O. The molecule has 0 fully saturated rings. The van der Waals surface area contributed by atoms with E-state index in [4.69, 9.17) is 26.3 Å². The molecule has 0 amide bonds. The maximum absolute atomic E-state index is 7.39. The number of hydrogen-bond donors (Lipinski definition) is 0. The number of nitrogens with zero attached hydrogens (tertiary/aromatic N) is 4. The molecule has 8 aromatic carbocycles. The fraction of sp³-hybridized carbons (Fsp3) is 0.0189. The Hall–Kier alpha value is -7.94. The maximum atomic E-state index is 7.39. The molecule has 1 aliphatic rings. The van der Waals surface area contributed by atoms with Gasteiger partial charge in [-0.1, -0.05) is 182 Å². The molecule has 5 nitrogen and oxygen atoms in total.